The van der Waals surface area contributed by atoms with Gasteiger partial charge in [0, 0.05) is 16.8 Å². The summed E-state index contributed by atoms with van der Waals surface area (Å²) in [6.45, 7) is 3.78. The van der Waals surface area contributed by atoms with Gasteiger partial charge in [-0.2, -0.15) is 0 Å². The van der Waals surface area contributed by atoms with Crippen molar-refractivity contribution in [3.05, 3.63) is 52.5 Å². The van der Waals surface area contributed by atoms with Gasteiger partial charge in [-0.05, 0) is 36.6 Å². The number of halogens is 1. The summed E-state index contributed by atoms with van der Waals surface area (Å²) in [7, 11) is 1.47. The summed E-state index contributed by atoms with van der Waals surface area (Å²) in [5, 5.41) is 5.70. The van der Waals surface area contributed by atoms with Gasteiger partial charge in [0.1, 0.15) is 5.75 Å². The molecular formula is C18H19ClN2O3. The third-order valence-corrected chi connectivity index (χ3v) is 3.99. The maximum Gasteiger partial charge on any atom is 0.314 e. The summed E-state index contributed by atoms with van der Waals surface area (Å²) >= 11 is 6.03. The Morgan fingerprint density at radius 2 is 1.71 bits per heavy atom. The number of nitrogens with one attached hydrogen (secondary N) is 2. The Hall–Kier alpha value is -2.53. The maximum atomic E-state index is 12.2. The molecule has 2 rings (SSSR count). The number of para-hydroxylation sites is 1. The van der Waals surface area contributed by atoms with Gasteiger partial charge in [-0.3, -0.25) is 9.59 Å². The van der Waals surface area contributed by atoms with Crippen LogP contribution in [0.3, 0.4) is 0 Å². The molecule has 0 aliphatic carbocycles. The van der Waals surface area contributed by atoms with E-state index in [9.17, 15) is 9.59 Å². The lowest BCUT2D eigenvalue weighted by molar-refractivity contribution is -0.133. The van der Waals surface area contributed by atoms with Gasteiger partial charge in [0.25, 0.3) is 0 Å². The highest BCUT2D eigenvalue weighted by Gasteiger charge is 2.18. The minimum atomic E-state index is -0.777. The third-order valence-electron chi connectivity index (χ3n) is 3.58. The van der Waals surface area contributed by atoms with Gasteiger partial charge in [-0.15, -0.1) is 0 Å². The lowest BCUT2D eigenvalue weighted by Crippen LogP contribution is -2.29. The maximum absolute atomic E-state index is 12.2. The van der Waals surface area contributed by atoms with Crippen LogP contribution in [-0.4, -0.2) is 18.9 Å². The fourth-order valence-electron chi connectivity index (χ4n) is 2.24. The molecule has 0 saturated carbocycles. The molecule has 2 N–H and O–H groups in total. The van der Waals surface area contributed by atoms with Gasteiger partial charge in [0.15, 0.2) is 0 Å². The summed E-state index contributed by atoms with van der Waals surface area (Å²) < 4.78 is 5.19. The number of anilines is 2. The molecule has 0 unspecified atom stereocenters. The fourth-order valence-corrected chi connectivity index (χ4v) is 2.39. The van der Waals surface area contributed by atoms with Crippen molar-refractivity contribution in [3.63, 3.8) is 0 Å². The highest BCUT2D eigenvalue weighted by atomic mass is 35.5. The molecule has 0 spiro atoms. The van der Waals surface area contributed by atoms with Crippen molar-refractivity contribution in [1.29, 1.82) is 0 Å². The molecule has 2 aromatic rings. The summed E-state index contributed by atoms with van der Waals surface area (Å²) in [5.41, 5.74) is 2.74. The Labute approximate surface area is 146 Å². The van der Waals surface area contributed by atoms with Crippen molar-refractivity contribution in [2.75, 3.05) is 17.7 Å². The zero-order chi connectivity index (χ0) is 17.7. The number of hydrogen-bond donors (Lipinski definition) is 2. The van der Waals surface area contributed by atoms with Crippen molar-refractivity contribution >= 4 is 34.8 Å². The van der Waals surface area contributed by atoms with Crippen LogP contribution < -0.4 is 15.4 Å². The zero-order valence-corrected chi connectivity index (χ0v) is 14.5. The van der Waals surface area contributed by atoms with E-state index in [1.807, 2.05) is 19.1 Å². The molecule has 0 aliphatic heterocycles. The number of benzene rings is 2. The van der Waals surface area contributed by atoms with E-state index >= 15 is 0 Å². The zero-order valence-electron chi connectivity index (χ0n) is 13.8. The number of carbonyl (C=O) groups is 2. The molecule has 0 bridgehead atoms. The van der Waals surface area contributed by atoms with Gasteiger partial charge < -0.3 is 15.4 Å². The van der Waals surface area contributed by atoms with E-state index in [1.165, 1.54) is 7.11 Å². The van der Waals surface area contributed by atoms with Crippen LogP contribution in [0.2, 0.25) is 5.02 Å². The average molecular weight is 347 g/mol. The smallest absolute Gasteiger partial charge is 0.314 e. The Kier molecular flexibility index (Phi) is 5.82. The molecule has 0 aliphatic rings. The predicted octanol–water partition coefficient (Wildman–Crippen LogP) is 3.80. The second-order valence-electron chi connectivity index (χ2n) is 5.22. The number of aryl methyl sites for hydroxylation is 2. The molecule has 0 fully saturated rings. The lowest BCUT2D eigenvalue weighted by atomic mass is 10.1. The van der Waals surface area contributed by atoms with Crippen LogP contribution in [0.5, 0.6) is 5.75 Å². The topological polar surface area (TPSA) is 67.4 Å². The van der Waals surface area contributed by atoms with E-state index in [-0.39, 0.29) is 0 Å². The number of carbonyl (C=O) groups excluding carboxylic acids is 2. The van der Waals surface area contributed by atoms with Crippen LogP contribution in [-0.2, 0) is 16.0 Å². The molecule has 126 valence electrons. The third kappa shape index (κ3) is 4.06. The number of ether oxygens (including phenoxy) is 1. The Morgan fingerprint density at radius 3 is 2.33 bits per heavy atom. The first-order valence-electron chi connectivity index (χ1n) is 7.50. The van der Waals surface area contributed by atoms with Crippen LogP contribution >= 0.6 is 11.6 Å². The van der Waals surface area contributed by atoms with Crippen LogP contribution in [0.15, 0.2) is 36.4 Å². The first-order valence-corrected chi connectivity index (χ1v) is 7.88. The lowest BCUT2D eigenvalue weighted by Gasteiger charge is -2.13. The van der Waals surface area contributed by atoms with Crippen molar-refractivity contribution in [3.8, 4) is 5.75 Å². The van der Waals surface area contributed by atoms with Gasteiger partial charge >= 0.3 is 11.8 Å². The summed E-state index contributed by atoms with van der Waals surface area (Å²) in [5.74, 6) is -1.13. The van der Waals surface area contributed by atoms with Crippen LogP contribution in [0.4, 0.5) is 11.4 Å². The van der Waals surface area contributed by atoms with E-state index in [2.05, 4.69) is 10.6 Å². The first kappa shape index (κ1) is 17.8. The molecule has 2 amide bonds. The van der Waals surface area contributed by atoms with E-state index in [4.69, 9.17) is 16.3 Å². The van der Waals surface area contributed by atoms with E-state index < -0.39 is 11.8 Å². The Bertz CT molecular complexity index is 775. The SMILES string of the molecule is CCc1ccccc1NC(=O)C(=O)Nc1cc(C)c(Cl)cc1OC. The summed E-state index contributed by atoms with van der Waals surface area (Å²) in [4.78, 5) is 24.3. The molecule has 0 heterocycles. The van der Waals surface area contributed by atoms with Gasteiger partial charge in [0.2, 0.25) is 0 Å². The van der Waals surface area contributed by atoms with E-state index in [0.29, 0.717) is 22.1 Å². The van der Waals surface area contributed by atoms with Gasteiger partial charge in [-0.25, -0.2) is 0 Å². The molecule has 0 saturated heterocycles. The normalized spacial score (nSPS) is 10.2. The molecule has 6 heteroatoms. The van der Waals surface area contributed by atoms with Crippen molar-refractivity contribution in [2.45, 2.75) is 20.3 Å². The number of methoxy groups -OCH3 is 1. The molecule has 0 atom stereocenters. The minimum Gasteiger partial charge on any atom is -0.495 e. The first-order chi connectivity index (χ1) is 11.5. The highest BCUT2D eigenvalue weighted by Crippen LogP contribution is 2.30. The van der Waals surface area contributed by atoms with E-state index in [0.717, 1.165) is 17.5 Å². The van der Waals surface area contributed by atoms with Crippen LogP contribution in [0, 0.1) is 6.92 Å². The Balaban J connectivity index is 2.15. The number of hydrogen-bond acceptors (Lipinski definition) is 3. The quantitative estimate of drug-likeness (QED) is 0.827. The molecule has 2 aromatic carbocycles. The van der Waals surface area contributed by atoms with Crippen LogP contribution in [0.25, 0.3) is 0 Å². The molecule has 24 heavy (non-hydrogen) atoms. The monoisotopic (exact) mass is 346 g/mol. The largest absolute Gasteiger partial charge is 0.495 e. The minimum absolute atomic E-state index is 0.390. The van der Waals surface area contributed by atoms with Crippen molar-refractivity contribution in [1.82, 2.24) is 0 Å². The summed E-state index contributed by atoms with van der Waals surface area (Å²) in [6.07, 6.45) is 0.752. The van der Waals surface area contributed by atoms with Crippen molar-refractivity contribution in [2.24, 2.45) is 0 Å². The standard InChI is InChI=1S/C18H19ClN2O3/c1-4-12-7-5-6-8-14(12)20-17(22)18(23)21-15-9-11(2)13(19)10-16(15)24-3/h5-10H,4H2,1-3H3,(H,20,22)(H,21,23). The summed E-state index contributed by atoms with van der Waals surface area (Å²) in [6, 6.07) is 10.6. The predicted molar refractivity (Wildman–Crippen MR) is 95.8 cm³/mol. The number of rotatable bonds is 4. The average Bonchev–Trinajstić information content (AvgIpc) is 2.58. The fraction of sp³-hybridized carbons (Fsp3) is 0.222. The molecule has 5 nitrogen and oxygen atoms in total. The highest BCUT2D eigenvalue weighted by molar-refractivity contribution is 6.44. The van der Waals surface area contributed by atoms with Crippen molar-refractivity contribution < 1.29 is 14.3 Å². The van der Waals surface area contributed by atoms with Gasteiger partial charge in [0.05, 0.1) is 12.8 Å². The molecule has 0 radical (unpaired) electrons. The second kappa shape index (κ2) is 7.84. The molecule has 0 aromatic heterocycles. The van der Waals surface area contributed by atoms with Gasteiger partial charge in [-0.1, -0.05) is 36.7 Å². The Morgan fingerprint density at radius 1 is 1.08 bits per heavy atom. The number of amides is 2. The second-order valence-corrected chi connectivity index (χ2v) is 5.63. The van der Waals surface area contributed by atoms with Crippen LogP contribution in [0.1, 0.15) is 18.1 Å². The van der Waals surface area contributed by atoms with E-state index in [1.54, 1.807) is 31.2 Å². The molecular weight excluding hydrogens is 328 g/mol.